The minimum Gasteiger partial charge on any atom is -0.477 e. The molecule has 0 radical (unpaired) electrons. The van der Waals surface area contributed by atoms with E-state index in [9.17, 15) is 4.79 Å². The Morgan fingerprint density at radius 3 is 2.50 bits per heavy atom. The van der Waals surface area contributed by atoms with Crippen LogP contribution in [-0.2, 0) is 9.53 Å². The molecule has 0 spiro atoms. The number of ether oxygens (including phenoxy) is 2. The fraction of sp³-hybridized carbons (Fsp3) is 0.417. The number of esters is 1. The van der Waals surface area contributed by atoms with Gasteiger partial charge in [-0.15, -0.1) is 0 Å². The van der Waals surface area contributed by atoms with Gasteiger partial charge in [-0.1, -0.05) is 30.1 Å². The lowest BCUT2D eigenvalue weighted by Gasteiger charge is -2.17. The Labute approximate surface area is 116 Å². The fourth-order valence-corrected chi connectivity index (χ4v) is 1.66. The Kier molecular flexibility index (Phi) is 5.56. The van der Waals surface area contributed by atoms with Gasteiger partial charge in [-0.25, -0.2) is 4.79 Å². The topological polar surface area (TPSA) is 61.5 Å². The largest absolute Gasteiger partial charge is 0.477 e. The van der Waals surface area contributed by atoms with E-state index < -0.39 is 12.1 Å². The first kappa shape index (κ1) is 14.9. The van der Waals surface area contributed by atoms with Crippen LogP contribution in [0, 0.1) is 0 Å². The maximum Gasteiger partial charge on any atom is 0.347 e. The highest BCUT2D eigenvalue weighted by molar-refractivity contribution is 6.42. The van der Waals surface area contributed by atoms with E-state index in [2.05, 4.69) is 0 Å². The van der Waals surface area contributed by atoms with Gasteiger partial charge < -0.3 is 15.2 Å². The van der Waals surface area contributed by atoms with Crippen LogP contribution >= 0.6 is 23.2 Å². The molecule has 0 aromatic heterocycles. The average molecular weight is 292 g/mol. The molecule has 4 nitrogen and oxygen atoms in total. The molecule has 0 amide bonds. The summed E-state index contributed by atoms with van der Waals surface area (Å²) in [6, 6.07) is 2.97. The predicted molar refractivity (Wildman–Crippen MR) is 72.2 cm³/mol. The Hall–Kier alpha value is -1.13. The number of nitrogen functional groups attached to an aromatic ring is 1. The molecular weight excluding hydrogens is 277 g/mol. The summed E-state index contributed by atoms with van der Waals surface area (Å²) in [4.78, 5) is 11.6. The van der Waals surface area contributed by atoms with Crippen molar-refractivity contribution in [3.63, 3.8) is 0 Å². The van der Waals surface area contributed by atoms with Crippen molar-refractivity contribution >= 4 is 34.9 Å². The van der Waals surface area contributed by atoms with E-state index in [4.69, 9.17) is 38.4 Å². The summed E-state index contributed by atoms with van der Waals surface area (Å²) in [6.07, 6.45) is -0.233. The summed E-state index contributed by atoms with van der Waals surface area (Å²) in [7, 11) is 0. The first-order chi connectivity index (χ1) is 8.49. The van der Waals surface area contributed by atoms with Crippen LogP contribution in [0.2, 0.25) is 10.0 Å². The Morgan fingerprint density at radius 1 is 1.33 bits per heavy atom. The zero-order chi connectivity index (χ0) is 13.7. The smallest absolute Gasteiger partial charge is 0.347 e. The molecule has 2 N–H and O–H groups in total. The van der Waals surface area contributed by atoms with Gasteiger partial charge in [0.25, 0.3) is 0 Å². The van der Waals surface area contributed by atoms with Crippen molar-refractivity contribution in [3.8, 4) is 5.75 Å². The molecule has 0 fully saturated rings. The molecule has 0 aliphatic heterocycles. The molecule has 1 aromatic rings. The van der Waals surface area contributed by atoms with Crippen LogP contribution in [0.15, 0.2) is 12.1 Å². The van der Waals surface area contributed by atoms with Gasteiger partial charge in [-0.2, -0.15) is 0 Å². The molecule has 1 rings (SSSR count). The van der Waals surface area contributed by atoms with Crippen LogP contribution in [0.5, 0.6) is 5.75 Å². The Bertz CT molecular complexity index is 438. The normalized spacial score (nSPS) is 12.0. The quantitative estimate of drug-likeness (QED) is 0.668. The van der Waals surface area contributed by atoms with Gasteiger partial charge in [-0.3, -0.25) is 0 Å². The monoisotopic (exact) mass is 291 g/mol. The molecule has 0 saturated heterocycles. The SMILES string of the molecule is CCOC(=O)C(CC)Oc1cc(Cl)c(Cl)cc1N. The van der Waals surface area contributed by atoms with Crippen molar-refractivity contribution in [2.75, 3.05) is 12.3 Å². The number of nitrogens with two attached hydrogens (primary N) is 1. The highest BCUT2D eigenvalue weighted by Crippen LogP contribution is 2.33. The van der Waals surface area contributed by atoms with E-state index in [1.165, 1.54) is 12.1 Å². The van der Waals surface area contributed by atoms with Crippen molar-refractivity contribution in [3.05, 3.63) is 22.2 Å². The molecule has 18 heavy (non-hydrogen) atoms. The number of rotatable bonds is 5. The number of anilines is 1. The van der Waals surface area contributed by atoms with Crippen molar-refractivity contribution in [1.29, 1.82) is 0 Å². The second-order valence-corrected chi connectivity index (χ2v) is 4.39. The first-order valence-corrected chi connectivity index (χ1v) is 6.33. The zero-order valence-electron chi connectivity index (χ0n) is 10.2. The summed E-state index contributed by atoms with van der Waals surface area (Å²) >= 11 is 11.7. The zero-order valence-corrected chi connectivity index (χ0v) is 11.7. The first-order valence-electron chi connectivity index (χ1n) is 5.57. The van der Waals surface area contributed by atoms with Gasteiger partial charge in [0.2, 0.25) is 0 Å². The van der Waals surface area contributed by atoms with Gasteiger partial charge in [-0.05, 0) is 19.4 Å². The summed E-state index contributed by atoms with van der Waals surface area (Å²) < 4.78 is 10.4. The van der Waals surface area contributed by atoms with E-state index in [0.29, 0.717) is 34.5 Å². The lowest BCUT2D eigenvalue weighted by atomic mass is 10.2. The van der Waals surface area contributed by atoms with Gasteiger partial charge in [0, 0.05) is 6.07 Å². The van der Waals surface area contributed by atoms with E-state index in [-0.39, 0.29) is 0 Å². The summed E-state index contributed by atoms with van der Waals surface area (Å²) in [5.74, 6) is -0.102. The van der Waals surface area contributed by atoms with Crippen LogP contribution in [-0.4, -0.2) is 18.7 Å². The molecule has 1 unspecified atom stereocenters. The number of halogens is 2. The highest BCUT2D eigenvalue weighted by Gasteiger charge is 2.21. The number of carbonyl (C=O) groups is 1. The van der Waals surface area contributed by atoms with Gasteiger partial charge in [0.1, 0.15) is 5.75 Å². The molecule has 6 heteroatoms. The van der Waals surface area contributed by atoms with Crippen LogP contribution in [0.25, 0.3) is 0 Å². The van der Waals surface area contributed by atoms with Crippen LogP contribution in [0.3, 0.4) is 0 Å². The summed E-state index contributed by atoms with van der Waals surface area (Å²) in [5, 5.41) is 0.658. The fourth-order valence-electron chi connectivity index (χ4n) is 1.33. The van der Waals surface area contributed by atoms with Crippen LogP contribution in [0.4, 0.5) is 5.69 Å². The predicted octanol–water partition coefficient (Wildman–Crippen LogP) is 3.30. The lowest BCUT2D eigenvalue weighted by molar-refractivity contribution is -0.151. The minimum atomic E-state index is -0.704. The van der Waals surface area contributed by atoms with Crippen LogP contribution < -0.4 is 10.5 Å². The molecule has 0 aliphatic carbocycles. The van der Waals surface area contributed by atoms with Gasteiger partial charge in [0.15, 0.2) is 6.10 Å². The van der Waals surface area contributed by atoms with E-state index in [1.807, 2.05) is 6.92 Å². The molecule has 0 aliphatic rings. The van der Waals surface area contributed by atoms with Gasteiger partial charge in [0.05, 0.1) is 22.3 Å². The van der Waals surface area contributed by atoms with Crippen molar-refractivity contribution in [2.24, 2.45) is 0 Å². The summed E-state index contributed by atoms with van der Waals surface area (Å²) in [6.45, 7) is 3.85. The molecular formula is C12H15Cl2NO3. The van der Waals surface area contributed by atoms with E-state index >= 15 is 0 Å². The maximum atomic E-state index is 11.6. The molecule has 0 heterocycles. The minimum absolute atomic E-state index is 0.301. The molecule has 1 atom stereocenters. The van der Waals surface area contributed by atoms with Gasteiger partial charge >= 0.3 is 5.97 Å². The molecule has 1 aromatic carbocycles. The Balaban J connectivity index is 2.88. The number of hydrogen-bond acceptors (Lipinski definition) is 4. The number of hydrogen-bond donors (Lipinski definition) is 1. The second kappa shape index (κ2) is 6.71. The third-order valence-corrected chi connectivity index (χ3v) is 2.96. The number of carbonyl (C=O) groups excluding carboxylic acids is 1. The number of benzene rings is 1. The standard InChI is InChI=1S/C12H15Cl2NO3/c1-3-10(12(16)17-4-2)18-11-6-8(14)7(13)5-9(11)15/h5-6,10H,3-4,15H2,1-2H3. The third-order valence-electron chi connectivity index (χ3n) is 2.24. The van der Waals surface area contributed by atoms with Crippen molar-refractivity contribution < 1.29 is 14.3 Å². The third kappa shape index (κ3) is 3.68. The molecule has 0 bridgehead atoms. The molecule has 0 saturated carbocycles. The average Bonchev–Trinajstić information content (AvgIpc) is 2.32. The van der Waals surface area contributed by atoms with Crippen molar-refractivity contribution in [2.45, 2.75) is 26.4 Å². The Morgan fingerprint density at radius 2 is 1.94 bits per heavy atom. The van der Waals surface area contributed by atoms with Crippen molar-refractivity contribution in [1.82, 2.24) is 0 Å². The second-order valence-electron chi connectivity index (χ2n) is 3.57. The maximum absolute atomic E-state index is 11.6. The highest BCUT2D eigenvalue weighted by atomic mass is 35.5. The lowest BCUT2D eigenvalue weighted by Crippen LogP contribution is -2.29. The molecule has 100 valence electrons. The summed E-state index contributed by atoms with van der Waals surface area (Å²) in [5.41, 5.74) is 6.07. The van der Waals surface area contributed by atoms with Crippen LogP contribution in [0.1, 0.15) is 20.3 Å². The van der Waals surface area contributed by atoms with E-state index in [1.54, 1.807) is 6.92 Å². The van der Waals surface area contributed by atoms with E-state index in [0.717, 1.165) is 0 Å².